The Labute approximate surface area is 134 Å². The summed E-state index contributed by atoms with van der Waals surface area (Å²) < 4.78 is 0. The molecular weight excluding hydrogens is 448 g/mol. The van der Waals surface area contributed by atoms with Crippen LogP contribution in [0.3, 0.4) is 0 Å². The zero-order valence-electron chi connectivity index (χ0n) is 11.0. The van der Waals surface area contributed by atoms with Crippen molar-refractivity contribution < 1.29 is 36.2 Å². The number of nitrogens with one attached hydrogen (secondary N) is 1. The average Bonchev–Trinajstić information content (AvgIpc) is 2.30. The van der Waals surface area contributed by atoms with Crippen LogP contribution in [0.5, 0.6) is 5.75 Å². The Morgan fingerprint density at radius 1 is 1.39 bits per heavy atom. The fraction of sp³-hybridized carbons (Fsp3) is 0.533. The minimum atomic E-state index is 0. The van der Waals surface area contributed by atoms with Crippen molar-refractivity contribution >= 4 is 0 Å². The molecule has 18 heavy (non-hydrogen) atoms. The normalized spacial score (nSPS) is 23.2. The Balaban J connectivity index is 0.00000162. The standard InChI is InChI=1S/C15H22NO.U/c1-2-5-13-7-4-8-14(16-13)10-12-6-3-9-15(17)11-12;/h3,6,9-11,13-14,16-17H,2,4-5,7-8H2,1H3;/q-1;/t13-,14-;/m1./s1. The van der Waals surface area contributed by atoms with Crippen molar-refractivity contribution in [3.63, 3.8) is 0 Å². The van der Waals surface area contributed by atoms with Crippen molar-refractivity contribution in [3.8, 4) is 5.75 Å². The van der Waals surface area contributed by atoms with Gasteiger partial charge in [0, 0.05) is 37.2 Å². The van der Waals surface area contributed by atoms with E-state index in [1.165, 1.54) is 32.1 Å². The zero-order valence-corrected chi connectivity index (χ0v) is 15.2. The Morgan fingerprint density at radius 3 is 2.94 bits per heavy atom. The smallest absolute Gasteiger partial charge is 0.0605 e. The number of aromatic hydroxyl groups is 1. The van der Waals surface area contributed by atoms with Crippen molar-refractivity contribution in [2.24, 2.45) is 0 Å². The topological polar surface area (TPSA) is 32.3 Å². The minimum Gasteiger partial charge on any atom is -0.521 e. The molecule has 0 spiro atoms. The van der Waals surface area contributed by atoms with Crippen LogP contribution in [0.25, 0.3) is 0 Å². The molecule has 0 bridgehead atoms. The first-order valence-corrected chi connectivity index (χ1v) is 6.68. The molecule has 1 aliphatic rings. The molecule has 2 N–H and O–H groups in total. The third-order valence-electron chi connectivity index (χ3n) is 3.42. The molecule has 0 radical (unpaired) electrons. The summed E-state index contributed by atoms with van der Waals surface area (Å²) in [6, 6.07) is 8.61. The number of hydrogen-bond donors (Lipinski definition) is 2. The SMILES string of the molecule is CCC[C@@H]1CCC[C@H]([CH-]c2cccc(O)c2)N1.[U]. The molecule has 1 aromatic rings. The van der Waals surface area contributed by atoms with E-state index in [1.807, 2.05) is 18.2 Å². The van der Waals surface area contributed by atoms with Crippen LogP contribution in [0.1, 0.15) is 44.6 Å². The van der Waals surface area contributed by atoms with Crippen LogP contribution in [-0.2, 0) is 0 Å². The molecule has 0 unspecified atom stereocenters. The molecule has 1 fully saturated rings. The summed E-state index contributed by atoms with van der Waals surface area (Å²) >= 11 is 0. The average molecular weight is 470 g/mol. The van der Waals surface area contributed by atoms with E-state index < -0.39 is 0 Å². The van der Waals surface area contributed by atoms with Gasteiger partial charge in [0.2, 0.25) is 0 Å². The first-order valence-electron chi connectivity index (χ1n) is 6.68. The second-order valence-electron chi connectivity index (χ2n) is 4.95. The fourth-order valence-corrected chi connectivity index (χ4v) is 2.62. The van der Waals surface area contributed by atoms with Crippen molar-refractivity contribution in [1.29, 1.82) is 0 Å². The Morgan fingerprint density at radius 2 is 2.22 bits per heavy atom. The van der Waals surface area contributed by atoms with Gasteiger partial charge >= 0.3 is 0 Å². The largest absolute Gasteiger partial charge is 0.521 e. The van der Waals surface area contributed by atoms with Gasteiger partial charge in [-0.15, -0.1) is 12.1 Å². The van der Waals surface area contributed by atoms with Crippen molar-refractivity contribution in [2.45, 2.75) is 51.1 Å². The predicted octanol–water partition coefficient (Wildman–Crippen LogP) is 3.26. The molecule has 1 saturated heterocycles. The molecule has 1 aliphatic heterocycles. The molecule has 2 atom stereocenters. The summed E-state index contributed by atoms with van der Waals surface area (Å²) in [5.41, 5.74) is 1.11. The Hall–Kier alpha value is -0.0981. The number of benzene rings is 1. The van der Waals surface area contributed by atoms with Crippen LogP contribution in [0.2, 0.25) is 0 Å². The first-order chi connectivity index (χ1) is 8.28. The summed E-state index contributed by atoms with van der Waals surface area (Å²) in [4.78, 5) is 0. The number of hydrogen-bond acceptors (Lipinski definition) is 2. The summed E-state index contributed by atoms with van der Waals surface area (Å²) in [6.45, 7) is 2.24. The number of piperidine rings is 1. The second kappa shape index (κ2) is 8.15. The van der Waals surface area contributed by atoms with E-state index >= 15 is 0 Å². The van der Waals surface area contributed by atoms with E-state index in [0.717, 1.165) is 5.56 Å². The summed E-state index contributed by atoms with van der Waals surface area (Å²) in [5, 5.41) is 13.1. The van der Waals surface area contributed by atoms with E-state index in [0.29, 0.717) is 17.8 Å². The second-order valence-corrected chi connectivity index (χ2v) is 4.95. The molecule has 0 aromatic heterocycles. The van der Waals surface area contributed by atoms with E-state index in [2.05, 4.69) is 18.7 Å². The van der Waals surface area contributed by atoms with Crippen LogP contribution in [0.4, 0.5) is 0 Å². The maximum atomic E-state index is 9.44. The summed E-state index contributed by atoms with van der Waals surface area (Å²) in [7, 11) is 0. The van der Waals surface area contributed by atoms with Gasteiger partial charge in [-0.2, -0.15) is 18.1 Å². The molecule has 0 saturated carbocycles. The van der Waals surface area contributed by atoms with E-state index in [1.54, 1.807) is 6.07 Å². The van der Waals surface area contributed by atoms with Crippen LogP contribution in [-0.4, -0.2) is 17.2 Å². The van der Waals surface area contributed by atoms with Crippen molar-refractivity contribution in [2.75, 3.05) is 0 Å². The molecule has 2 nitrogen and oxygen atoms in total. The van der Waals surface area contributed by atoms with Gasteiger partial charge in [0.1, 0.15) is 0 Å². The fourth-order valence-electron chi connectivity index (χ4n) is 2.62. The monoisotopic (exact) mass is 470 g/mol. The van der Waals surface area contributed by atoms with Crippen LogP contribution in [0, 0.1) is 37.5 Å². The minimum absolute atomic E-state index is 0. The van der Waals surface area contributed by atoms with Crippen LogP contribution in [0.15, 0.2) is 24.3 Å². The van der Waals surface area contributed by atoms with E-state index in [-0.39, 0.29) is 31.1 Å². The van der Waals surface area contributed by atoms with Crippen LogP contribution >= 0.6 is 0 Å². The van der Waals surface area contributed by atoms with Gasteiger partial charge in [-0.3, -0.25) is 0 Å². The summed E-state index contributed by atoms with van der Waals surface area (Å²) in [6.07, 6.45) is 8.56. The van der Waals surface area contributed by atoms with Gasteiger partial charge in [-0.1, -0.05) is 19.8 Å². The number of phenolic OH excluding ortho intramolecular Hbond substituents is 1. The van der Waals surface area contributed by atoms with Gasteiger partial charge in [-0.25, -0.2) is 0 Å². The number of phenols is 1. The third kappa shape index (κ3) is 4.88. The van der Waals surface area contributed by atoms with Gasteiger partial charge in [0.15, 0.2) is 0 Å². The maximum absolute atomic E-state index is 9.44. The first kappa shape index (κ1) is 16.0. The molecular formula is C15H22NOU-. The molecule has 0 amide bonds. The number of rotatable bonds is 4. The van der Waals surface area contributed by atoms with Gasteiger partial charge in [-0.05, 0) is 31.4 Å². The van der Waals surface area contributed by atoms with Gasteiger partial charge < -0.3 is 10.4 Å². The molecule has 3 heteroatoms. The predicted molar refractivity (Wildman–Crippen MR) is 71.0 cm³/mol. The van der Waals surface area contributed by atoms with Gasteiger partial charge in [0.25, 0.3) is 0 Å². The van der Waals surface area contributed by atoms with Crippen molar-refractivity contribution in [1.82, 2.24) is 5.32 Å². The molecule has 1 aromatic carbocycles. The van der Waals surface area contributed by atoms with Crippen LogP contribution < -0.4 is 5.32 Å². The van der Waals surface area contributed by atoms with E-state index in [4.69, 9.17) is 0 Å². The van der Waals surface area contributed by atoms with Crippen molar-refractivity contribution in [3.05, 3.63) is 36.2 Å². The Bertz CT molecular complexity index is 354. The molecule has 0 aliphatic carbocycles. The zero-order chi connectivity index (χ0) is 12.1. The molecule has 98 valence electrons. The molecule has 1 heterocycles. The molecule has 2 rings (SSSR count). The Kier molecular flexibility index (Phi) is 7.22. The van der Waals surface area contributed by atoms with Gasteiger partial charge in [0.05, 0.1) is 5.75 Å². The quantitative estimate of drug-likeness (QED) is 0.663. The maximum Gasteiger partial charge on any atom is 0.0605 e. The summed E-state index contributed by atoms with van der Waals surface area (Å²) in [5.74, 6) is 0.347. The van der Waals surface area contributed by atoms with E-state index in [9.17, 15) is 5.11 Å². The third-order valence-corrected chi connectivity index (χ3v) is 3.42.